The van der Waals surface area contributed by atoms with Crippen molar-refractivity contribution in [1.29, 1.82) is 0 Å². The van der Waals surface area contributed by atoms with Crippen LogP contribution in [-0.4, -0.2) is 23.3 Å². The van der Waals surface area contributed by atoms with Crippen molar-refractivity contribution in [3.05, 3.63) is 36.9 Å². The molecule has 0 bridgehead atoms. The SMILES string of the molecule is C=CCNC(=S)Nc1ccc(OC(=O)NC(C)(C)C)cc1. The number of carbonyl (C=O) groups is 1. The maximum Gasteiger partial charge on any atom is 0.413 e. The fourth-order valence-electron chi connectivity index (χ4n) is 1.39. The summed E-state index contributed by atoms with van der Waals surface area (Å²) in [4.78, 5) is 11.6. The minimum absolute atomic E-state index is 0.332. The van der Waals surface area contributed by atoms with Gasteiger partial charge in [-0.15, -0.1) is 6.58 Å². The van der Waals surface area contributed by atoms with Crippen LogP contribution in [0.4, 0.5) is 10.5 Å². The smallest absolute Gasteiger partial charge is 0.410 e. The molecule has 1 rings (SSSR count). The van der Waals surface area contributed by atoms with E-state index < -0.39 is 6.09 Å². The van der Waals surface area contributed by atoms with Crippen LogP contribution < -0.4 is 20.7 Å². The summed E-state index contributed by atoms with van der Waals surface area (Å²) in [5.74, 6) is 0.465. The first-order chi connectivity index (χ1) is 9.80. The van der Waals surface area contributed by atoms with Gasteiger partial charge < -0.3 is 20.7 Å². The average molecular weight is 307 g/mol. The summed E-state index contributed by atoms with van der Waals surface area (Å²) in [6.07, 6.45) is 1.24. The Morgan fingerprint density at radius 3 is 2.48 bits per heavy atom. The normalized spacial score (nSPS) is 10.4. The summed E-state index contributed by atoms with van der Waals surface area (Å²) >= 11 is 5.10. The van der Waals surface area contributed by atoms with Gasteiger partial charge >= 0.3 is 6.09 Å². The molecule has 0 radical (unpaired) electrons. The first-order valence-electron chi connectivity index (χ1n) is 6.56. The van der Waals surface area contributed by atoms with Crippen LogP contribution in [0.3, 0.4) is 0 Å². The van der Waals surface area contributed by atoms with E-state index in [0.29, 0.717) is 17.4 Å². The molecular weight excluding hydrogens is 286 g/mol. The minimum atomic E-state index is -0.480. The van der Waals surface area contributed by atoms with E-state index in [2.05, 4.69) is 22.5 Å². The topological polar surface area (TPSA) is 62.4 Å². The van der Waals surface area contributed by atoms with Crippen molar-refractivity contribution in [1.82, 2.24) is 10.6 Å². The summed E-state index contributed by atoms with van der Waals surface area (Å²) < 4.78 is 5.18. The summed E-state index contributed by atoms with van der Waals surface area (Å²) in [5.41, 5.74) is 0.474. The van der Waals surface area contributed by atoms with Crippen molar-refractivity contribution in [3.63, 3.8) is 0 Å². The van der Waals surface area contributed by atoms with Gasteiger partial charge in [-0.1, -0.05) is 6.08 Å². The highest BCUT2D eigenvalue weighted by atomic mass is 32.1. The highest BCUT2D eigenvalue weighted by molar-refractivity contribution is 7.80. The zero-order chi connectivity index (χ0) is 15.9. The third-order valence-corrected chi connectivity index (χ3v) is 2.45. The van der Waals surface area contributed by atoms with Gasteiger partial charge in [0.2, 0.25) is 0 Å². The van der Waals surface area contributed by atoms with Gasteiger partial charge in [0.05, 0.1) is 0 Å². The van der Waals surface area contributed by atoms with Crippen molar-refractivity contribution in [2.45, 2.75) is 26.3 Å². The van der Waals surface area contributed by atoms with Gasteiger partial charge in [-0.2, -0.15) is 0 Å². The number of hydrogen-bond acceptors (Lipinski definition) is 3. The average Bonchev–Trinajstić information content (AvgIpc) is 2.36. The molecule has 1 amide bonds. The monoisotopic (exact) mass is 307 g/mol. The van der Waals surface area contributed by atoms with Gasteiger partial charge in [-0.3, -0.25) is 0 Å². The molecule has 0 aliphatic carbocycles. The molecule has 3 N–H and O–H groups in total. The molecule has 0 aromatic heterocycles. The first-order valence-corrected chi connectivity index (χ1v) is 6.97. The van der Waals surface area contributed by atoms with Crippen LogP contribution in [0.1, 0.15) is 20.8 Å². The largest absolute Gasteiger partial charge is 0.413 e. The second-order valence-corrected chi connectivity index (χ2v) is 5.82. The minimum Gasteiger partial charge on any atom is -0.410 e. The van der Waals surface area contributed by atoms with Crippen molar-refractivity contribution >= 4 is 29.1 Å². The van der Waals surface area contributed by atoms with Crippen LogP contribution in [0.15, 0.2) is 36.9 Å². The third-order valence-electron chi connectivity index (χ3n) is 2.21. The Morgan fingerprint density at radius 1 is 1.33 bits per heavy atom. The van der Waals surface area contributed by atoms with Crippen molar-refractivity contribution in [2.75, 3.05) is 11.9 Å². The Kier molecular flexibility index (Phi) is 6.17. The molecule has 0 spiro atoms. The molecule has 0 fully saturated rings. The number of rotatable bonds is 4. The molecule has 5 nitrogen and oxygen atoms in total. The van der Waals surface area contributed by atoms with E-state index in [1.54, 1.807) is 30.3 Å². The van der Waals surface area contributed by atoms with E-state index in [9.17, 15) is 4.79 Å². The molecule has 0 aliphatic rings. The number of anilines is 1. The predicted molar refractivity (Wildman–Crippen MR) is 89.8 cm³/mol. The van der Waals surface area contributed by atoms with Crippen LogP contribution in [0.5, 0.6) is 5.75 Å². The van der Waals surface area contributed by atoms with Gasteiger partial charge in [-0.05, 0) is 57.3 Å². The molecule has 0 heterocycles. The fraction of sp³-hybridized carbons (Fsp3) is 0.333. The Bertz CT molecular complexity index is 507. The standard InChI is InChI=1S/C15H21N3O2S/c1-5-10-16-13(21)17-11-6-8-12(9-7-11)20-14(19)18-15(2,3)4/h5-9H,1,10H2,2-4H3,(H,18,19)(H2,16,17,21). The van der Waals surface area contributed by atoms with E-state index in [-0.39, 0.29) is 5.54 Å². The number of carbonyl (C=O) groups excluding carboxylic acids is 1. The molecule has 0 saturated heterocycles. The molecule has 6 heteroatoms. The second kappa shape index (κ2) is 7.64. The molecular formula is C15H21N3O2S. The molecule has 0 atom stereocenters. The lowest BCUT2D eigenvalue weighted by molar-refractivity contribution is 0.190. The summed E-state index contributed by atoms with van der Waals surface area (Å²) in [6.45, 7) is 9.86. The lowest BCUT2D eigenvalue weighted by Crippen LogP contribution is -2.42. The van der Waals surface area contributed by atoms with Crippen molar-refractivity contribution in [3.8, 4) is 5.75 Å². The third kappa shape index (κ3) is 7.31. The van der Waals surface area contributed by atoms with E-state index in [4.69, 9.17) is 17.0 Å². The molecule has 0 unspecified atom stereocenters. The molecule has 21 heavy (non-hydrogen) atoms. The van der Waals surface area contributed by atoms with E-state index in [1.165, 1.54) is 0 Å². The molecule has 0 aliphatic heterocycles. The lowest BCUT2D eigenvalue weighted by Gasteiger charge is -2.19. The number of amides is 1. The van der Waals surface area contributed by atoms with Crippen LogP contribution >= 0.6 is 12.2 Å². The fourth-order valence-corrected chi connectivity index (χ4v) is 1.59. The van der Waals surface area contributed by atoms with Crippen molar-refractivity contribution < 1.29 is 9.53 Å². The summed E-state index contributed by atoms with van der Waals surface area (Å²) in [5, 5.41) is 9.20. The Labute approximate surface area is 130 Å². The Balaban J connectivity index is 2.52. The zero-order valence-corrected chi connectivity index (χ0v) is 13.3. The first kappa shape index (κ1) is 17.0. The van der Waals surface area contributed by atoms with Crippen LogP contribution in [0.2, 0.25) is 0 Å². The van der Waals surface area contributed by atoms with Crippen LogP contribution in [0, 0.1) is 0 Å². The van der Waals surface area contributed by atoms with Crippen molar-refractivity contribution in [2.24, 2.45) is 0 Å². The summed E-state index contributed by atoms with van der Waals surface area (Å²) in [6, 6.07) is 6.95. The molecule has 0 saturated carbocycles. The van der Waals surface area contributed by atoms with Crippen LogP contribution in [0.25, 0.3) is 0 Å². The number of benzene rings is 1. The summed E-state index contributed by atoms with van der Waals surface area (Å²) in [7, 11) is 0. The lowest BCUT2D eigenvalue weighted by atomic mass is 10.1. The quantitative estimate of drug-likeness (QED) is 0.589. The molecule has 1 aromatic rings. The van der Waals surface area contributed by atoms with E-state index >= 15 is 0 Å². The van der Waals surface area contributed by atoms with Gasteiger partial charge in [0.1, 0.15) is 5.75 Å². The zero-order valence-electron chi connectivity index (χ0n) is 12.5. The maximum absolute atomic E-state index is 11.6. The van der Waals surface area contributed by atoms with Gasteiger partial charge in [0.15, 0.2) is 5.11 Å². The van der Waals surface area contributed by atoms with Gasteiger partial charge in [0, 0.05) is 17.8 Å². The predicted octanol–water partition coefficient (Wildman–Crippen LogP) is 3.05. The van der Waals surface area contributed by atoms with E-state index in [0.717, 1.165) is 5.69 Å². The molecule has 1 aromatic carbocycles. The Morgan fingerprint density at radius 2 is 1.95 bits per heavy atom. The molecule has 114 valence electrons. The number of ether oxygens (including phenoxy) is 1. The van der Waals surface area contributed by atoms with Gasteiger partial charge in [-0.25, -0.2) is 4.79 Å². The highest BCUT2D eigenvalue weighted by Gasteiger charge is 2.15. The second-order valence-electron chi connectivity index (χ2n) is 5.41. The Hall–Kier alpha value is -2.08. The van der Waals surface area contributed by atoms with E-state index in [1.807, 2.05) is 20.8 Å². The highest BCUT2D eigenvalue weighted by Crippen LogP contribution is 2.16. The number of thiocarbonyl (C=S) groups is 1. The maximum atomic E-state index is 11.6. The van der Waals surface area contributed by atoms with Crippen LogP contribution in [-0.2, 0) is 0 Å². The number of hydrogen-bond donors (Lipinski definition) is 3. The van der Waals surface area contributed by atoms with Gasteiger partial charge in [0.25, 0.3) is 0 Å². The number of nitrogens with one attached hydrogen (secondary N) is 3.